The number of carbonyl (C=O) groups excluding carboxylic acids is 1. The van der Waals surface area contributed by atoms with Gasteiger partial charge in [0.25, 0.3) is 0 Å². The fraction of sp³-hybridized carbons (Fsp3) is 0.562. The Bertz CT molecular complexity index is 454. The van der Waals surface area contributed by atoms with Crippen LogP contribution in [0.1, 0.15) is 37.8 Å². The minimum atomic E-state index is -0.131. The lowest BCUT2D eigenvalue weighted by atomic mass is 9.83. The quantitative estimate of drug-likeness (QED) is 0.844. The van der Waals surface area contributed by atoms with Crippen molar-refractivity contribution < 1.29 is 4.79 Å². The van der Waals surface area contributed by atoms with Crippen molar-refractivity contribution in [1.82, 2.24) is 5.32 Å². The summed E-state index contributed by atoms with van der Waals surface area (Å²) in [6.45, 7) is 4.20. The lowest BCUT2D eigenvalue weighted by Gasteiger charge is -2.31. The van der Waals surface area contributed by atoms with Crippen LogP contribution in [0, 0.1) is 5.92 Å². The first kappa shape index (κ1) is 14.6. The third kappa shape index (κ3) is 3.38. The topological polar surface area (TPSA) is 29.1 Å². The summed E-state index contributed by atoms with van der Waals surface area (Å²) in [5.41, 5.74) is 2.62. The van der Waals surface area contributed by atoms with Gasteiger partial charge in [-0.3, -0.25) is 4.79 Å². The zero-order valence-electron chi connectivity index (χ0n) is 11.7. The number of amides is 1. The summed E-state index contributed by atoms with van der Waals surface area (Å²) in [4.78, 5) is 12.4. The van der Waals surface area contributed by atoms with Crippen molar-refractivity contribution in [1.29, 1.82) is 0 Å². The summed E-state index contributed by atoms with van der Waals surface area (Å²) in [6, 6.07) is 8.47. The van der Waals surface area contributed by atoms with Gasteiger partial charge in [-0.15, -0.1) is 0 Å². The van der Waals surface area contributed by atoms with E-state index in [0.29, 0.717) is 0 Å². The van der Waals surface area contributed by atoms with E-state index in [1.54, 1.807) is 0 Å². The molecule has 2 nitrogen and oxygen atoms in total. The molecular formula is C16H22BrNO. The molecule has 0 aromatic heterocycles. The second-order valence-corrected chi connectivity index (χ2v) is 6.31. The zero-order chi connectivity index (χ0) is 13.9. The second kappa shape index (κ2) is 6.08. The Morgan fingerprint density at radius 3 is 2.74 bits per heavy atom. The van der Waals surface area contributed by atoms with E-state index in [0.717, 1.165) is 31.0 Å². The monoisotopic (exact) mass is 323 g/mol. The molecule has 19 heavy (non-hydrogen) atoms. The largest absolute Gasteiger partial charge is 0.350 e. The average molecular weight is 324 g/mol. The highest BCUT2D eigenvalue weighted by Gasteiger charge is 2.29. The van der Waals surface area contributed by atoms with Crippen LogP contribution in [0.25, 0.3) is 0 Å². The molecule has 2 rings (SSSR count). The first-order valence-corrected chi connectivity index (χ1v) is 8.15. The van der Waals surface area contributed by atoms with Gasteiger partial charge in [0, 0.05) is 16.8 Å². The summed E-state index contributed by atoms with van der Waals surface area (Å²) in [7, 11) is 0. The number of rotatable bonds is 4. The molecule has 0 aliphatic heterocycles. The maximum atomic E-state index is 12.4. The Labute approximate surface area is 124 Å². The van der Waals surface area contributed by atoms with E-state index in [9.17, 15) is 4.79 Å². The van der Waals surface area contributed by atoms with Gasteiger partial charge in [-0.05, 0) is 43.7 Å². The van der Waals surface area contributed by atoms with Crippen molar-refractivity contribution in [3.05, 3.63) is 35.4 Å². The van der Waals surface area contributed by atoms with Crippen LogP contribution in [0.5, 0.6) is 0 Å². The van der Waals surface area contributed by atoms with Gasteiger partial charge in [0.1, 0.15) is 0 Å². The molecule has 0 saturated heterocycles. The highest BCUT2D eigenvalue weighted by Crippen LogP contribution is 2.26. The van der Waals surface area contributed by atoms with Gasteiger partial charge >= 0.3 is 0 Å². The van der Waals surface area contributed by atoms with Crippen LogP contribution < -0.4 is 5.32 Å². The maximum absolute atomic E-state index is 12.4. The van der Waals surface area contributed by atoms with Crippen LogP contribution in [-0.4, -0.2) is 16.8 Å². The predicted octanol–water partition coefficient (Wildman–Crippen LogP) is 3.47. The van der Waals surface area contributed by atoms with Crippen molar-refractivity contribution in [2.75, 3.05) is 5.33 Å². The Hall–Kier alpha value is -0.830. The Morgan fingerprint density at radius 1 is 1.42 bits per heavy atom. The molecule has 1 aromatic rings. The molecule has 104 valence electrons. The summed E-state index contributed by atoms with van der Waals surface area (Å²) in [5, 5.41) is 4.00. The molecule has 2 unspecified atom stereocenters. The Balaban J connectivity index is 2.03. The van der Waals surface area contributed by atoms with Gasteiger partial charge < -0.3 is 5.32 Å². The van der Waals surface area contributed by atoms with Gasteiger partial charge in [-0.2, -0.15) is 0 Å². The standard InChI is InChI=1S/C16H22BrNO/c1-3-16(2,11-17)18-15(19)14-9-8-12-6-4-5-7-13(12)10-14/h4-7,14H,3,8-11H2,1-2H3,(H,18,19). The van der Waals surface area contributed by atoms with Crippen molar-refractivity contribution >= 4 is 21.8 Å². The summed E-state index contributed by atoms with van der Waals surface area (Å²) < 4.78 is 0. The number of carbonyl (C=O) groups is 1. The zero-order valence-corrected chi connectivity index (χ0v) is 13.3. The van der Waals surface area contributed by atoms with E-state index in [-0.39, 0.29) is 17.4 Å². The molecule has 2 atom stereocenters. The van der Waals surface area contributed by atoms with Gasteiger partial charge in [0.05, 0.1) is 0 Å². The minimum absolute atomic E-state index is 0.125. The molecule has 0 spiro atoms. The highest BCUT2D eigenvalue weighted by molar-refractivity contribution is 9.09. The fourth-order valence-electron chi connectivity index (χ4n) is 2.54. The Kier molecular flexibility index (Phi) is 4.67. The SMILES string of the molecule is CCC(C)(CBr)NC(=O)C1CCc2ccccc2C1. The van der Waals surface area contributed by atoms with E-state index in [1.165, 1.54) is 11.1 Å². The van der Waals surface area contributed by atoms with Crippen LogP contribution in [-0.2, 0) is 17.6 Å². The van der Waals surface area contributed by atoms with Gasteiger partial charge in [-0.1, -0.05) is 47.1 Å². The molecule has 3 heteroatoms. The first-order chi connectivity index (χ1) is 9.08. The van der Waals surface area contributed by atoms with Crippen LogP contribution >= 0.6 is 15.9 Å². The molecule has 1 N–H and O–H groups in total. The number of benzene rings is 1. The van der Waals surface area contributed by atoms with Crippen molar-refractivity contribution in [2.45, 2.75) is 45.1 Å². The normalized spacial score (nSPS) is 21.3. The van der Waals surface area contributed by atoms with Crippen LogP contribution in [0.15, 0.2) is 24.3 Å². The molecule has 0 saturated carbocycles. The number of hydrogen-bond donors (Lipinski definition) is 1. The number of aryl methyl sites for hydroxylation is 1. The average Bonchev–Trinajstić information content (AvgIpc) is 2.46. The van der Waals surface area contributed by atoms with E-state index >= 15 is 0 Å². The van der Waals surface area contributed by atoms with E-state index in [4.69, 9.17) is 0 Å². The molecule has 1 amide bonds. The molecule has 1 aromatic carbocycles. The minimum Gasteiger partial charge on any atom is -0.350 e. The Morgan fingerprint density at radius 2 is 2.11 bits per heavy atom. The first-order valence-electron chi connectivity index (χ1n) is 7.03. The number of halogens is 1. The predicted molar refractivity (Wildman–Crippen MR) is 82.6 cm³/mol. The fourth-order valence-corrected chi connectivity index (χ4v) is 3.07. The molecule has 0 fully saturated rings. The summed E-state index contributed by atoms with van der Waals surface area (Å²) in [6.07, 6.45) is 3.80. The van der Waals surface area contributed by atoms with Crippen molar-refractivity contribution in [2.24, 2.45) is 5.92 Å². The summed E-state index contributed by atoms with van der Waals surface area (Å²) >= 11 is 3.50. The van der Waals surface area contributed by atoms with Gasteiger partial charge in [-0.25, -0.2) is 0 Å². The van der Waals surface area contributed by atoms with Gasteiger partial charge in [0.2, 0.25) is 5.91 Å². The number of fused-ring (bicyclic) bond motifs is 1. The lowest BCUT2D eigenvalue weighted by molar-refractivity contribution is -0.126. The number of nitrogens with one attached hydrogen (secondary N) is 1. The van der Waals surface area contributed by atoms with Crippen molar-refractivity contribution in [3.63, 3.8) is 0 Å². The third-order valence-electron chi connectivity index (χ3n) is 4.22. The molecule has 0 heterocycles. The molecule has 1 aliphatic carbocycles. The summed E-state index contributed by atoms with van der Waals surface area (Å²) in [5.74, 6) is 0.332. The molecule has 0 radical (unpaired) electrons. The van der Waals surface area contributed by atoms with Crippen LogP contribution in [0.4, 0.5) is 0 Å². The number of hydrogen-bond acceptors (Lipinski definition) is 1. The number of alkyl halides is 1. The van der Waals surface area contributed by atoms with Crippen LogP contribution in [0.3, 0.4) is 0 Å². The van der Waals surface area contributed by atoms with E-state index in [1.807, 2.05) is 0 Å². The smallest absolute Gasteiger partial charge is 0.223 e. The van der Waals surface area contributed by atoms with Gasteiger partial charge in [0.15, 0.2) is 0 Å². The van der Waals surface area contributed by atoms with E-state index < -0.39 is 0 Å². The lowest BCUT2D eigenvalue weighted by Crippen LogP contribution is -2.50. The second-order valence-electron chi connectivity index (χ2n) is 5.75. The maximum Gasteiger partial charge on any atom is 0.223 e. The molecular weight excluding hydrogens is 302 g/mol. The molecule has 0 bridgehead atoms. The highest BCUT2D eigenvalue weighted by atomic mass is 79.9. The van der Waals surface area contributed by atoms with E-state index in [2.05, 4.69) is 59.4 Å². The van der Waals surface area contributed by atoms with Crippen molar-refractivity contribution in [3.8, 4) is 0 Å². The third-order valence-corrected chi connectivity index (χ3v) is 5.46. The van der Waals surface area contributed by atoms with Crippen LogP contribution in [0.2, 0.25) is 0 Å². The molecule has 1 aliphatic rings.